The number of rotatable bonds is 5. The maximum atomic E-state index is 12.4. The number of piperidine rings is 4. The molecule has 8 heteroatoms. The topological polar surface area (TPSA) is 93.4 Å². The number of carbonyl (C=O) groups excluding carboxylic acids is 1. The maximum absolute atomic E-state index is 12.4. The van der Waals surface area contributed by atoms with Crippen LogP contribution in [0.25, 0.3) is 0 Å². The number of aromatic nitrogens is 1. The number of likely N-dealkylation sites (tertiary alicyclic amines) is 1. The Hall–Kier alpha value is -3.15. The van der Waals surface area contributed by atoms with Crippen LogP contribution in [-0.2, 0) is 6.54 Å². The zero-order chi connectivity index (χ0) is 24.6. The normalized spacial score (nSPS) is 30.8. The molecule has 1 aromatic heterocycles. The van der Waals surface area contributed by atoms with E-state index in [4.69, 9.17) is 5.26 Å². The maximum Gasteiger partial charge on any atom is 0.319 e. The second-order valence-corrected chi connectivity index (χ2v) is 11.1. The summed E-state index contributed by atoms with van der Waals surface area (Å²) in [7, 11) is 0. The molecule has 4 bridgehead atoms. The molecule has 36 heavy (non-hydrogen) atoms. The van der Waals surface area contributed by atoms with E-state index in [1.165, 1.54) is 18.5 Å². The molecule has 6 atom stereocenters. The van der Waals surface area contributed by atoms with Gasteiger partial charge >= 0.3 is 6.03 Å². The van der Waals surface area contributed by atoms with Crippen LogP contribution in [0.1, 0.15) is 36.4 Å². The van der Waals surface area contributed by atoms with Crippen molar-refractivity contribution in [2.45, 2.75) is 37.8 Å². The van der Waals surface area contributed by atoms with E-state index in [0.717, 1.165) is 45.7 Å². The minimum atomic E-state index is -0.219. The Morgan fingerprint density at radius 3 is 2.81 bits per heavy atom. The highest BCUT2D eigenvalue weighted by Gasteiger charge is 2.42. The molecule has 188 valence electrons. The van der Waals surface area contributed by atoms with E-state index >= 15 is 0 Å². The van der Waals surface area contributed by atoms with E-state index in [0.29, 0.717) is 47.5 Å². The standard InChI is InChI=1S/C28H34N6O2/c29-12-19-3-1-4-24(10-19)31-28(36)30-13-25-11-21-7-8-33(25)18-23(21)17-32-14-20-9-22(16-32)26-5-2-6-27(35)34(26)15-20/h1-6,10,20-23,25H,7-9,11,13-18H2,(H2,30,31,36)/t20-,21-,22+,23-,25+/m0/s1. The summed E-state index contributed by atoms with van der Waals surface area (Å²) in [6.45, 7) is 7.01. The largest absolute Gasteiger partial charge is 0.336 e. The summed E-state index contributed by atoms with van der Waals surface area (Å²) >= 11 is 0. The summed E-state index contributed by atoms with van der Waals surface area (Å²) in [5.41, 5.74) is 2.54. The molecule has 2 N–H and O–H groups in total. The van der Waals surface area contributed by atoms with E-state index in [1.807, 2.05) is 10.6 Å². The SMILES string of the molecule is N#Cc1cccc(NC(=O)NC[C@H]2C[C@@H]3CCN2C[C@@H]3CN2C[C@@H]3C[C@H](C2)c2cccc(=O)n2C3)c1. The Bertz CT molecular complexity index is 1240. The van der Waals surface area contributed by atoms with Crippen LogP contribution in [0.15, 0.2) is 47.3 Å². The lowest BCUT2D eigenvalue weighted by molar-refractivity contribution is -0.0192. The lowest BCUT2D eigenvalue weighted by Crippen LogP contribution is -2.59. The predicted octanol–water partition coefficient (Wildman–Crippen LogP) is 2.67. The Morgan fingerprint density at radius 2 is 1.97 bits per heavy atom. The number of carbonyl (C=O) groups is 1. The number of hydrogen-bond acceptors (Lipinski definition) is 5. The van der Waals surface area contributed by atoms with Crippen molar-refractivity contribution in [1.29, 1.82) is 5.26 Å². The van der Waals surface area contributed by atoms with Gasteiger partial charge < -0.3 is 20.1 Å². The molecule has 1 unspecified atom stereocenters. The molecule has 6 heterocycles. The third-order valence-electron chi connectivity index (χ3n) is 8.81. The van der Waals surface area contributed by atoms with Crippen LogP contribution in [0.4, 0.5) is 10.5 Å². The molecule has 7 rings (SSSR count). The van der Waals surface area contributed by atoms with Crippen molar-refractivity contribution in [2.75, 3.05) is 44.6 Å². The first-order chi connectivity index (χ1) is 17.6. The smallest absolute Gasteiger partial charge is 0.319 e. The van der Waals surface area contributed by atoms with Crippen molar-refractivity contribution in [2.24, 2.45) is 17.8 Å². The number of anilines is 1. The minimum Gasteiger partial charge on any atom is -0.336 e. The van der Waals surface area contributed by atoms with Gasteiger partial charge in [-0.2, -0.15) is 5.26 Å². The van der Waals surface area contributed by atoms with Gasteiger partial charge in [0.25, 0.3) is 5.56 Å². The van der Waals surface area contributed by atoms with Crippen molar-refractivity contribution >= 4 is 11.7 Å². The zero-order valence-corrected chi connectivity index (χ0v) is 20.6. The third kappa shape index (κ3) is 4.65. The number of nitrogens with zero attached hydrogens (tertiary/aromatic N) is 4. The monoisotopic (exact) mass is 486 g/mol. The Balaban J connectivity index is 1.01. The first-order valence-electron chi connectivity index (χ1n) is 13.3. The van der Waals surface area contributed by atoms with Crippen LogP contribution < -0.4 is 16.2 Å². The molecule has 0 saturated carbocycles. The molecule has 0 aliphatic carbocycles. The van der Waals surface area contributed by atoms with Gasteiger partial charge in [0.1, 0.15) is 0 Å². The van der Waals surface area contributed by atoms with Crippen LogP contribution in [0.3, 0.4) is 0 Å². The van der Waals surface area contributed by atoms with E-state index < -0.39 is 0 Å². The van der Waals surface area contributed by atoms with Gasteiger partial charge in [0, 0.05) is 68.7 Å². The van der Waals surface area contributed by atoms with Gasteiger partial charge in [-0.15, -0.1) is 0 Å². The number of nitriles is 1. The van der Waals surface area contributed by atoms with Crippen molar-refractivity contribution in [1.82, 2.24) is 19.7 Å². The number of amides is 2. The molecule has 2 amide bonds. The summed E-state index contributed by atoms with van der Waals surface area (Å²) in [4.78, 5) is 30.0. The van der Waals surface area contributed by atoms with Gasteiger partial charge in [0.15, 0.2) is 0 Å². The molecule has 4 saturated heterocycles. The van der Waals surface area contributed by atoms with Crippen molar-refractivity contribution in [3.05, 3.63) is 64.1 Å². The average molecular weight is 487 g/mol. The summed E-state index contributed by atoms with van der Waals surface area (Å²) in [5.74, 6) is 2.42. The number of nitrogens with one attached hydrogen (secondary N) is 2. The molecular formula is C28H34N6O2. The summed E-state index contributed by atoms with van der Waals surface area (Å²) < 4.78 is 2.01. The fourth-order valence-electron chi connectivity index (χ4n) is 7.20. The molecular weight excluding hydrogens is 452 g/mol. The van der Waals surface area contributed by atoms with Crippen LogP contribution in [0.5, 0.6) is 0 Å². The van der Waals surface area contributed by atoms with Crippen LogP contribution in [0.2, 0.25) is 0 Å². The highest BCUT2D eigenvalue weighted by atomic mass is 16.2. The van der Waals surface area contributed by atoms with Gasteiger partial charge in [-0.3, -0.25) is 9.69 Å². The summed E-state index contributed by atoms with van der Waals surface area (Å²) in [6, 6.07) is 15.0. The fourth-order valence-corrected chi connectivity index (χ4v) is 7.20. The van der Waals surface area contributed by atoms with E-state index in [1.54, 1.807) is 30.3 Å². The third-order valence-corrected chi connectivity index (χ3v) is 8.81. The van der Waals surface area contributed by atoms with Gasteiger partial charge in [0.05, 0.1) is 11.6 Å². The molecule has 5 aliphatic heterocycles. The summed E-state index contributed by atoms with van der Waals surface area (Å²) in [5, 5.41) is 14.9. The van der Waals surface area contributed by atoms with E-state index in [9.17, 15) is 9.59 Å². The molecule has 1 aromatic carbocycles. The summed E-state index contributed by atoms with van der Waals surface area (Å²) in [6.07, 6.45) is 3.58. The molecule has 4 fully saturated rings. The molecule has 0 spiro atoms. The number of benzene rings is 1. The fraction of sp³-hybridized carbons (Fsp3) is 0.536. The zero-order valence-electron chi connectivity index (χ0n) is 20.6. The molecule has 0 radical (unpaired) electrons. The molecule has 8 nitrogen and oxygen atoms in total. The van der Waals surface area contributed by atoms with Gasteiger partial charge in [-0.25, -0.2) is 4.79 Å². The van der Waals surface area contributed by atoms with Crippen LogP contribution >= 0.6 is 0 Å². The van der Waals surface area contributed by atoms with Crippen molar-refractivity contribution in [3.63, 3.8) is 0 Å². The Morgan fingerprint density at radius 1 is 1.08 bits per heavy atom. The molecule has 2 aromatic rings. The number of pyridine rings is 1. The van der Waals surface area contributed by atoms with Crippen LogP contribution in [-0.4, -0.2) is 65.7 Å². The Labute approximate surface area is 211 Å². The lowest BCUT2D eigenvalue weighted by atomic mass is 9.74. The molecule has 5 aliphatic rings. The first-order valence-corrected chi connectivity index (χ1v) is 13.3. The average Bonchev–Trinajstić information content (AvgIpc) is 2.89. The highest BCUT2D eigenvalue weighted by molar-refractivity contribution is 5.89. The first kappa shape index (κ1) is 23.3. The van der Waals surface area contributed by atoms with Crippen LogP contribution in [0, 0.1) is 29.1 Å². The van der Waals surface area contributed by atoms with Gasteiger partial charge in [0.2, 0.25) is 0 Å². The number of urea groups is 1. The lowest BCUT2D eigenvalue weighted by Gasteiger charge is -2.52. The van der Waals surface area contributed by atoms with E-state index in [2.05, 4.69) is 32.6 Å². The van der Waals surface area contributed by atoms with Crippen molar-refractivity contribution in [3.8, 4) is 6.07 Å². The number of fused-ring (bicyclic) bond motifs is 7. The Kier molecular flexibility index (Phi) is 6.28. The second-order valence-electron chi connectivity index (χ2n) is 11.1. The highest BCUT2D eigenvalue weighted by Crippen LogP contribution is 2.39. The quantitative estimate of drug-likeness (QED) is 0.678. The number of hydrogen-bond donors (Lipinski definition) is 2. The van der Waals surface area contributed by atoms with Gasteiger partial charge in [-0.05, 0) is 67.8 Å². The predicted molar refractivity (Wildman–Crippen MR) is 138 cm³/mol. The second kappa shape index (κ2) is 9.72. The van der Waals surface area contributed by atoms with E-state index in [-0.39, 0.29) is 11.6 Å². The minimum absolute atomic E-state index is 0.150. The van der Waals surface area contributed by atoms with Crippen molar-refractivity contribution < 1.29 is 4.79 Å². The van der Waals surface area contributed by atoms with Gasteiger partial charge in [-0.1, -0.05) is 12.1 Å².